The molecule has 0 spiro atoms. The third-order valence-electron chi connectivity index (χ3n) is 4.57. The summed E-state index contributed by atoms with van der Waals surface area (Å²) in [5.74, 6) is -0.942. The van der Waals surface area contributed by atoms with Crippen molar-refractivity contribution in [2.24, 2.45) is 0 Å². The summed E-state index contributed by atoms with van der Waals surface area (Å²) >= 11 is 2.17. The van der Waals surface area contributed by atoms with E-state index in [0.717, 1.165) is 3.57 Å². The van der Waals surface area contributed by atoms with Gasteiger partial charge in [0.2, 0.25) is 18.0 Å². The van der Waals surface area contributed by atoms with Crippen molar-refractivity contribution in [3.05, 3.63) is 63.2 Å². The predicted molar refractivity (Wildman–Crippen MR) is 102 cm³/mol. The van der Waals surface area contributed by atoms with E-state index < -0.39 is 18.2 Å². The van der Waals surface area contributed by atoms with E-state index in [1.807, 2.05) is 18.2 Å². The van der Waals surface area contributed by atoms with Gasteiger partial charge in [0.15, 0.2) is 0 Å². The highest BCUT2D eigenvalue weighted by atomic mass is 127. The van der Waals surface area contributed by atoms with Gasteiger partial charge in [-0.3, -0.25) is 14.5 Å². The van der Waals surface area contributed by atoms with E-state index in [2.05, 4.69) is 27.9 Å². The number of hydrogen-bond donors (Lipinski definition) is 1. The SMILES string of the molecule is O=C1O[C@@H](N2C(=O)CC[C@H]2C(=O)Nc2cccc(I)c2)c2ccccc21. The highest BCUT2D eigenvalue weighted by molar-refractivity contribution is 14.1. The highest BCUT2D eigenvalue weighted by Gasteiger charge is 2.46. The van der Waals surface area contributed by atoms with Crippen molar-refractivity contribution in [1.29, 1.82) is 0 Å². The first-order valence-electron chi connectivity index (χ1n) is 8.22. The average molecular weight is 462 g/mol. The molecule has 0 radical (unpaired) electrons. The number of amides is 2. The Morgan fingerprint density at radius 3 is 2.77 bits per heavy atom. The van der Waals surface area contributed by atoms with Crippen LogP contribution >= 0.6 is 22.6 Å². The van der Waals surface area contributed by atoms with Crippen LogP contribution in [0.5, 0.6) is 0 Å². The molecule has 2 aromatic carbocycles. The van der Waals surface area contributed by atoms with Crippen LogP contribution in [0, 0.1) is 3.57 Å². The van der Waals surface area contributed by atoms with Crippen LogP contribution in [0.15, 0.2) is 48.5 Å². The van der Waals surface area contributed by atoms with Gasteiger partial charge in [-0.2, -0.15) is 0 Å². The molecule has 26 heavy (non-hydrogen) atoms. The number of nitrogens with zero attached hydrogens (tertiary/aromatic N) is 1. The van der Waals surface area contributed by atoms with Gasteiger partial charge in [0.25, 0.3) is 0 Å². The minimum atomic E-state index is -0.847. The molecule has 1 N–H and O–H groups in total. The van der Waals surface area contributed by atoms with Gasteiger partial charge in [-0.05, 0) is 53.3 Å². The summed E-state index contributed by atoms with van der Waals surface area (Å²) < 4.78 is 6.42. The molecule has 2 atom stereocenters. The topological polar surface area (TPSA) is 75.7 Å². The van der Waals surface area contributed by atoms with Gasteiger partial charge in [-0.1, -0.05) is 24.3 Å². The number of carbonyl (C=O) groups is 3. The zero-order chi connectivity index (χ0) is 18.3. The van der Waals surface area contributed by atoms with Crippen LogP contribution in [0.25, 0.3) is 0 Å². The minimum Gasteiger partial charge on any atom is -0.433 e. The first-order chi connectivity index (χ1) is 12.5. The molecule has 1 fully saturated rings. The molecule has 2 amide bonds. The lowest BCUT2D eigenvalue weighted by molar-refractivity contribution is -0.144. The van der Waals surface area contributed by atoms with Gasteiger partial charge in [0.1, 0.15) is 6.04 Å². The Balaban J connectivity index is 1.60. The van der Waals surface area contributed by atoms with Crippen molar-refractivity contribution < 1.29 is 19.1 Å². The van der Waals surface area contributed by atoms with Gasteiger partial charge in [0, 0.05) is 21.2 Å². The van der Waals surface area contributed by atoms with Crippen molar-refractivity contribution in [3.63, 3.8) is 0 Å². The molecule has 0 bridgehead atoms. The van der Waals surface area contributed by atoms with E-state index in [-0.39, 0.29) is 18.2 Å². The number of esters is 1. The number of halogens is 1. The highest BCUT2D eigenvalue weighted by Crippen LogP contribution is 2.38. The minimum absolute atomic E-state index is 0.192. The number of fused-ring (bicyclic) bond motifs is 1. The smallest absolute Gasteiger partial charge is 0.340 e. The summed E-state index contributed by atoms with van der Waals surface area (Å²) in [5.41, 5.74) is 1.73. The van der Waals surface area contributed by atoms with Gasteiger partial charge < -0.3 is 10.1 Å². The summed E-state index contributed by atoms with van der Waals surface area (Å²) in [5, 5.41) is 2.86. The standard InChI is InChI=1S/C19H15IN2O4/c20-11-4-3-5-12(10-11)21-17(24)15-8-9-16(23)22(15)18-13-6-1-2-7-14(13)19(25)26-18/h1-7,10,15,18H,8-9H2,(H,21,24)/t15-,18+/m0/s1. The second-order valence-corrected chi connectivity index (χ2v) is 7.45. The van der Waals surface area contributed by atoms with E-state index in [9.17, 15) is 14.4 Å². The number of cyclic esters (lactones) is 1. The molecule has 0 aromatic heterocycles. The fourth-order valence-electron chi connectivity index (χ4n) is 3.38. The molecule has 132 valence electrons. The van der Waals surface area contributed by atoms with Crippen molar-refractivity contribution >= 4 is 46.1 Å². The second-order valence-electron chi connectivity index (χ2n) is 6.20. The Bertz CT molecular complexity index is 914. The van der Waals surface area contributed by atoms with E-state index in [4.69, 9.17) is 4.74 Å². The molecule has 2 heterocycles. The molecule has 6 nitrogen and oxygen atoms in total. The lowest BCUT2D eigenvalue weighted by Crippen LogP contribution is -2.43. The number of ether oxygens (including phenoxy) is 1. The van der Waals surface area contributed by atoms with Crippen LogP contribution in [-0.4, -0.2) is 28.7 Å². The molecule has 2 aliphatic rings. The van der Waals surface area contributed by atoms with Crippen LogP contribution in [0.1, 0.15) is 35.0 Å². The zero-order valence-corrected chi connectivity index (χ0v) is 15.8. The summed E-state index contributed by atoms with van der Waals surface area (Å²) in [7, 11) is 0. The van der Waals surface area contributed by atoms with Crippen molar-refractivity contribution in [2.75, 3.05) is 5.32 Å². The largest absolute Gasteiger partial charge is 0.433 e. The second kappa shape index (κ2) is 6.71. The fraction of sp³-hybridized carbons (Fsp3) is 0.211. The van der Waals surface area contributed by atoms with E-state index in [1.165, 1.54) is 4.90 Å². The molecule has 2 aliphatic heterocycles. The predicted octanol–water partition coefficient (Wildman–Crippen LogP) is 3.09. The number of rotatable bonds is 3. The Morgan fingerprint density at radius 2 is 1.96 bits per heavy atom. The molecule has 0 unspecified atom stereocenters. The normalized spacial score (nSPS) is 21.5. The summed E-state index contributed by atoms with van der Waals surface area (Å²) in [4.78, 5) is 38.7. The quantitative estimate of drug-likeness (QED) is 0.562. The number of carbonyl (C=O) groups excluding carboxylic acids is 3. The Hall–Kier alpha value is -2.42. The third kappa shape index (κ3) is 2.96. The number of anilines is 1. The molecule has 0 aliphatic carbocycles. The first kappa shape index (κ1) is 17.0. The molecule has 7 heteroatoms. The molecule has 1 saturated heterocycles. The van der Waals surface area contributed by atoms with Crippen molar-refractivity contribution in [2.45, 2.75) is 25.1 Å². The Labute approximate surface area is 163 Å². The maximum absolute atomic E-state index is 12.8. The Kier molecular flexibility index (Phi) is 4.39. The fourth-order valence-corrected chi connectivity index (χ4v) is 3.92. The molecule has 2 aromatic rings. The summed E-state index contributed by atoms with van der Waals surface area (Å²) in [6, 6.07) is 13.7. The number of benzene rings is 2. The van der Waals surface area contributed by atoms with Crippen molar-refractivity contribution in [1.82, 2.24) is 4.90 Å². The maximum atomic E-state index is 12.8. The average Bonchev–Trinajstić information content (AvgIpc) is 3.15. The van der Waals surface area contributed by atoms with E-state index in [1.54, 1.807) is 30.3 Å². The monoisotopic (exact) mass is 462 g/mol. The molecule has 0 saturated carbocycles. The number of likely N-dealkylation sites (tertiary alicyclic amines) is 1. The number of nitrogens with one attached hydrogen (secondary N) is 1. The lowest BCUT2D eigenvalue weighted by Gasteiger charge is -2.29. The molecular weight excluding hydrogens is 447 g/mol. The lowest BCUT2D eigenvalue weighted by atomic mass is 10.1. The van der Waals surface area contributed by atoms with Gasteiger partial charge in [-0.15, -0.1) is 0 Å². The van der Waals surface area contributed by atoms with Crippen LogP contribution < -0.4 is 5.32 Å². The van der Waals surface area contributed by atoms with Crippen LogP contribution in [0.2, 0.25) is 0 Å². The summed E-state index contributed by atoms with van der Waals surface area (Å²) in [6.07, 6.45) is -0.203. The van der Waals surface area contributed by atoms with Gasteiger partial charge >= 0.3 is 5.97 Å². The summed E-state index contributed by atoms with van der Waals surface area (Å²) in [6.45, 7) is 0. The molecular formula is C19H15IN2O4. The van der Waals surface area contributed by atoms with Crippen molar-refractivity contribution in [3.8, 4) is 0 Å². The van der Waals surface area contributed by atoms with E-state index in [0.29, 0.717) is 23.2 Å². The first-order valence-corrected chi connectivity index (χ1v) is 9.30. The number of hydrogen-bond acceptors (Lipinski definition) is 4. The Morgan fingerprint density at radius 1 is 1.15 bits per heavy atom. The third-order valence-corrected chi connectivity index (χ3v) is 5.24. The van der Waals surface area contributed by atoms with E-state index >= 15 is 0 Å². The van der Waals surface area contributed by atoms with Gasteiger partial charge in [-0.25, -0.2) is 4.79 Å². The van der Waals surface area contributed by atoms with Crippen LogP contribution in [0.4, 0.5) is 5.69 Å². The maximum Gasteiger partial charge on any atom is 0.340 e. The van der Waals surface area contributed by atoms with Crippen LogP contribution in [0.3, 0.4) is 0 Å². The van der Waals surface area contributed by atoms with Gasteiger partial charge in [0.05, 0.1) is 5.56 Å². The van der Waals surface area contributed by atoms with Crippen LogP contribution in [-0.2, 0) is 14.3 Å². The molecule has 4 rings (SSSR count). The zero-order valence-electron chi connectivity index (χ0n) is 13.6.